The van der Waals surface area contributed by atoms with E-state index in [1.165, 1.54) is 6.92 Å². The lowest BCUT2D eigenvalue weighted by Gasteiger charge is -2.04. The zero-order valence-electron chi connectivity index (χ0n) is 7.95. The van der Waals surface area contributed by atoms with Gasteiger partial charge in [0, 0.05) is 26.2 Å². The normalized spacial score (nSPS) is 9.50. The highest BCUT2D eigenvalue weighted by molar-refractivity contribution is 5.72. The summed E-state index contributed by atoms with van der Waals surface area (Å²) in [6, 6.07) is 1.61. The molecule has 0 aliphatic heterocycles. The van der Waals surface area contributed by atoms with E-state index in [0.29, 0.717) is 24.9 Å². The van der Waals surface area contributed by atoms with Crippen molar-refractivity contribution in [3.8, 4) is 0 Å². The van der Waals surface area contributed by atoms with E-state index in [-0.39, 0.29) is 5.91 Å². The van der Waals surface area contributed by atoms with E-state index in [4.69, 9.17) is 5.73 Å². The van der Waals surface area contributed by atoms with Gasteiger partial charge in [-0.25, -0.2) is 4.98 Å². The molecule has 1 heterocycles. The lowest BCUT2D eigenvalue weighted by atomic mass is 10.5. The lowest BCUT2D eigenvalue weighted by Crippen LogP contribution is -2.26. The summed E-state index contributed by atoms with van der Waals surface area (Å²) in [6.07, 6.45) is 1.57. The van der Waals surface area contributed by atoms with E-state index in [1.54, 1.807) is 12.3 Å². The fourth-order valence-electron chi connectivity index (χ4n) is 0.871. The van der Waals surface area contributed by atoms with Crippen LogP contribution in [0.3, 0.4) is 0 Å². The minimum absolute atomic E-state index is 0.0553. The molecule has 0 unspecified atom stereocenters. The largest absolute Gasteiger partial charge is 0.384 e. The van der Waals surface area contributed by atoms with Gasteiger partial charge >= 0.3 is 0 Å². The van der Waals surface area contributed by atoms with Gasteiger partial charge in [0.05, 0.1) is 0 Å². The molecule has 0 saturated carbocycles. The maximum absolute atomic E-state index is 10.5. The van der Waals surface area contributed by atoms with Crippen molar-refractivity contribution in [2.24, 2.45) is 0 Å². The summed E-state index contributed by atoms with van der Waals surface area (Å²) >= 11 is 0. The molecule has 6 heteroatoms. The first-order valence-corrected chi connectivity index (χ1v) is 4.25. The standard InChI is InChI=1S/C8H13N5O/c1-6(14)10-4-5-12-8-11-3-2-7(9)13-8/h2-3H,4-5H2,1H3,(H,10,14)(H3,9,11,12,13). The van der Waals surface area contributed by atoms with Crippen LogP contribution in [0.4, 0.5) is 11.8 Å². The number of nitrogens with zero attached hydrogens (tertiary/aromatic N) is 2. The Morgan fingerprint density at radius 2 is 2.36 bits per heavy atom. The first-order valence-electron chi connectivity index (χ1n) is 4.25. The van der Waals surface area contributed by atoms with Crippen LogP contribution in [-0.2, 0) is 4.79 Å². The molecule has 1 aromatic heterocycles. The van der Waals surface area contributed by atoms with Crippen molar-refractivity contribution >= 4 is 17.7 Å². The van der Waals surface area contributed by atoms with Crippen LogP contribution in [-0.4, -0.2) is 29.0 Å². The Kier molecular flexibility index (Phi) is 3.66. The van der Waals surface area contributed by atoms with Gasteiger partial charge in [-0.3, -0.25) is 4.79 Å². The van der Waals surface area contributed by atoms with Gasteiger partial charge in [-0.1, -0.05) is 0 Å². The van der Waals surface area contributed by atoms with Gasteiger partial charge in [0.1, 0.15) is 5.82 Å². The number of amides is 1. The summed E-state index contributed by atoms with van der Waals surface area (Å²) in [6.45, 7) is 2.58. The van der Waals surface area contributed by atoms with E-state index >= 15 is 0 Å². The van der Waals surface area contributed by atoms with Crippen LogP contribution in [0, 0.1) is 0 Å². The number of rotatable bonds is 4. The van der Waals surface area contributed by atoms with Gasteiger partial charge in [-0.2, -0.15) is 4.98 Å². The van der Waals surface area contributed by atoms with Crippen LogP contribution in [0.25, 0.3) is 0 Å². The van der Waals surface area contributed by atoms with Crippen molar-refractivity contribution in [2.75, 3.05) is 24.1 Å². The number of aromatic nitrogens is 2. The number of carbonyl (C=O) groups excluding carboxylic acids is 1. The highest BCUT2D eigenvalue weighted by Crippen LogP contribution is 1.99. The molecule has 14 heavy (non-hydrogen) atoms. The van der Waals surface area contributed by atoms with Crippen LogP contribution in [0.15, 0.2) is 12.3 Å². The third kappa shape index (κ3) is 3.70. The first-order chi connectivity index (χ1) is 6.68. The minimum Gasteiger partial charge on any atom is -0.384 e. The second-order valence-electron chi connectivity index (χ2n) is 2.71. The van der Waals surface area contributed by atoms with E-state index in [1.807, 2.05) is 0 Å². The van der Waals surface area contributed by atoms with Crippen LogP contribution in [0.1, 0.15) is 6.92 Å². The van der Waals surface area contributed by atoms with Gasteiger partial charge < -0.3 is 16.4 Å². The molecule has 0 aliphatic rings. The summed E-state index contributed by atoms with van der Waals surface area (Å²) in [7, 11) is 0. The fraction of sp³-hybridized carbons (Fsp3) is 0.375. The molecule has 0 fully saturated rings. The van der Waals surface area contributed by atoms with Crippen LogP contribution < -0.4 is 16.4 Å². The molecule has 4 N–H and O–H groups in total. The quantitative estimate of drug-likeness (QED) is 0.569. The van der Waals surface area contributed by atoms with Gasteiger partial charge in [-0.05, 0) is 6.07 Å². The zero-order valence-corrected chi connectivity index (χ0v) is 7.95. The zero-order chi connectivity index (χ0) is 10.4. The summed E-state index contributed by atoms with van der Waals surface area (Å²) in [4.78, 5) is 18.4. The Bertz CT molecular complexity index is 314. The molecule has 0 atom stereocenters. The van der Waals surface area contributed by atoms with Crippen molar-refractivity contribution in [3.63, 3.8) is 0 Å². The van der Waals surface area contributed by atoms with E-state index in [9.17, 15) is 4.79 Å². The SMILES string of the molecule is CC(=O)NCCNc1nccc(N)n1. The molecular weight excluding hydrogens is 182 g/mol. The number of carbonyl (C=O) groups is 1. The second kappa shape index (κ2) is 5.00. The number of nitrogens with two attached hydrogens (primary N) is 1. The van der Waals surface area contributed by atoms with Gasteiger partial charge in [0.25, 0.3) is 0 Å². The molecule has 1 amide bonds. The molecule has 6 nitrogen and oxygen atoms in total. The predicted octanol–water partition coefficient (Wildman–Crippen LogP) is -0.393. The summed E-state index contributed by atoms with van der Waals surface area (Å²) in [5, 5.41) is 5.57. The van der Waals surface area contributed by atoms with Crippen molar-refractivity contribution in [1.29, 1.82) is 0 Å². The van der Waals surface area contributed by atoms with Crippen molar-refractivity contribution < 1.29 is 4.79 Å². The maximum atomic E-state index is 10.5. The lowest BCUT2D eigenvalue weighted by molar-refractivity contribution is -0.118. The Labute approximate surface area is 81.9 Å². The van der Waals surface area contributed by atoms with Gasteiger partial charge in [0.2, 0.25) is 11.9 Å². The molecule has 1 aromatic rings. The molecule has 0 saturated heterocycles. The van der Waals surface area contributed by atoms with Crippen LogP contribution in [0.2, 0.25) is 0 Å². The number of anilines is 2. The number of nitrogens with one attached hydrogen (secondary N) is 2. The number of nitrogen functional groups attached to an aromatic ring is 1. The Balaban J connectivity index is 2.28. The molecule has 0 spiro atoms. The average Bonchev–Trinajstić information content (AvgIpc) is 2.12. The predicted molar refractivity (Wildman–Crippen MR) is 53.6 cm³/mol. The fourth-order valence-corrected chi connectivity index (χ4v) is 0.871. The van der Waals surface area contributed by atoms with E-state index in [0.717, 1.165) is 0 Å². The second-order valence-corrected chi connectivity index (χ2v) is 2.71. The molecule has 1 rings (SSSR count). The summed E-state index contributed by atoms with van der Waals surface area (Å²) in [5.74, 6) is 0.831. The average molecular weight is 195 g/mol. The van der Waals surface area contributed by atoms with Crippen molar-refractivity contribution in [2.45, 2.75) is 6.92 Å². The van der Waals surface area contributed by atoms with Gasteiger partial charge in [-0.15, -0.1) is 0 Å². The van der Waals surface area contributed by atoms with E-state index in [2.05, 4.69) is 20.6 Å². The van der Waals surface area contributed by atoms with Gasteiger partial charge in [0.15, 0.2) is 0 Å². The topological polar surface area (TPSA) is 92.9 Å². The maximum Gasteiger partial charge on any atom is 0.224 e. The number of hydrogen-bond acceptors (Lipinski definition) is 5. The molecule has 0 bridgehead atoms. The summed E-state index contributed by atoms with van der Waals surface area (Å²) in [5.41, 5.74) is 5.45. The van der Waals surface area contributed by atoms with Crippen LogP contribution >= 0.6 is 0 Å². The van der Waals surface area contributed by atoms with Crippen LogP contribution in [0.5, 0.6) is 0 Å². The molecule has 0 aromatic carbocycles. The molecular formula is C8H13N5O. The Morgan fingerprint density at radius 3 is 3.00 bits per heavy atom. The summed E-state index contributed by atoms with van der Waals surface area (Å²) < 4.78 is 0. The minimum atomic E-state index is -0.0553. The van der Waals surface area contributed by atoms with E-state index < -0.39 is 0 Å². The third-order valence-electron chi connectivity index (χ3n) is 1.46. The smallest absolute Gasteiger partial charge is 0.224 e. The Morgan fingerprint density at radius 1 is 1.57 bits per heavy atom. The highest BCUT2D eigenvalue weighted by Gasteiger charge is 1.95. The highest BCUT2D eigenvalue weighted by atomic mass is 16.1. The Hall–Kier alpha value is -1.85. The molecule has 0 radical (unpaired) electrons. The van der Waals surface area contributed by atoms with Crippen molar-refractivity contribution in [1.82, 2.24) is 15.3 Å². The first kappa shape index (κ1) is 10.2. The number of hydrogen-bond donors (Lipinski definition) is 3. The third-order valence-corrected chi connectivity index (χ3v) is 1.46. The molecule has 76 valence electrons. The monoisotopic (exact) mass is 195 g/mol. The van der Waals surface area contributed by atoms with Crippen molar-refractivity contribution in [3.05, 3.63) is 12.3 Å². The molecule has 0 aliphatic carbocycles.